The lowest BCUT2D eigenvalue weighted by molar-refractivity contribution is -0.149. The summed E-state index contributed by atoms with van der Waals surface area (Å²) >= 11 is 0. The first-order chi connectivity index (χ1) is 42.0. The third-order valence-electron chi connectivity index (χ3n) is 16.4. The number of nitrogens with one attached hydrogen (secondary N) is 4. The molecule has 1 aliphatic heterocycles. The van der Waals surface area contributed by atoms with E-state index in [1.807, 2.05) is 27.7 Å². The van der Waals surface area contributed by atoms with Crippen molar-refractivity contribution in [1.82, 2.24) is 55.6 Å². The zero-order valence-electron chi connectivity index (χ0n) is 56.4. The number of carbonyl (C=O) groups is 11. The molecule has 1 heterocycles. The van der Waals surface area contributed by atoms with Crippen LogP contribution < -0.4 is 21.3 Å². The van der Waals surface area contributed by atoms with E-state index in [-0.39, 0.29) is 74.7 Å². The summed E-state index contributed by atoms with van der Waals surface area (Å²) in [7, 11) is 9.08. The largest absolute Gasteiger partial charge is 0.419 e. The minimum atomic E-state index is -5.03. The van der Waals surface area contributed by atoms with Gasteiger partial charge in [-0.15, -0.1) is 0 Å². The number of benzene rings is 1. The third-order valence-corrected chi connectivity index (χ3v) is 16.4. The maximum absolute atomic E-state index is 14.9. The fourth-order valence-electron chi connectivity index (χ4n) is 10.6. The van der Waals surface area contributed by atoms with Crippen LogP contribution in [0.2, 0.25) is 0 Å². The Hall–Kier alpha value is -7.03. The molecule has 0 saturated carbocycles. The topological polar surface area (TPSA) is 259 Å². The normalized spacial score (nSPS) is 23.8. The molecule has 0 bridgehead atoms. The van der Waals surface area contributed by atoms with Gasteiger partial charge in [0.1, 0.15) is 47.6 Å². The first-order valence-electron chi connectivity index (χ1n) is 31.1. The number of carbonyl (C=O) groups excluding carboxylic acids is 11. The van der Waals surface area contributed by atoms with Crippen LogP contribution >= 0.6 is 0 Å². The second kappa shape index (κ2) is 35.7. The van der Waals surface area contributed by atoms with E-state index in [1.54, 1.807) is 34.6 Å². The summed E-state index contributed by atoms with van der Waals surface area (Å²) in [4.78, 5) is 165. The highest BCUT2D eigenvalue weighted by Crippen LogP contribution is 2.32. The molecule has 0 unspecified atom stereocenters. The van der Waals surface area contributed by atoms with Gasteiger partial charge < -0.3 is 55.6 Å². The summed E-state index contributed by atoms with van der Waals surface area (Å²) in [5, 5.41) is 10.9. The van der Waals surface area contributed by atoms with Crippen LogP contribution in [0.4, 0.5) is 26.3 Å². The van der Waals surface area contributed by atoms with Gasteiger partial charge in [0.15, 0.2) is 0 Å². The van der Waals surface area contributed by atoms with Gasteiger partial charge in [-0.2, -0.15) is 13.2 Å². The molecule has 4 N–H and O–H groups in total. The van der Waals surface area contributed by atoms with Crippen molar-refractivity contribution in [1.29, 1.82) is 0 Å². The molecule has 1 aromatic carbocycles. The van der Waals surface area contributed by atoms with E-state index in [1.165, 1.54) is 73.0 Å². The third kappa shape index (κ3) is 24.5. The van der Waals surface area contributed by atoms with Crippen molar-refractivity contribution in [3.8, 4) is 0 Å². The van der Waals surface area contributed by atoms with Crippen LogP contribution in [-0.2, 0) is 65.3 Å². The Balaban J connectivity index is 2.88. The molecule has 22 nitrogen and oxygen atoms in total. The summed E-state index contributed by atoms with van der Waals surface area (Å²) in [6, 6.07) is -6.61. The number of hydrogen-bond donors (Lipinski definition) is 4. The molecule has 11 amide bonds. The van der Waals surface area contributed by atoms with Crippen LogP contribution in [-0.4, -0.2) is 223 Å². The highest BCUT2D eigenvalue weighted by atomic mass is 19.4. The zero-order chi connectivity index (χ0) is 69.9. The molecule has 0 radical (unpaired) electrons. The van der Waals surface area contributed by atoms with E-state index >= 15 is 0 Å². The molecule has 91 heavy (non-hydrogen) atoms. The summed E-state index contributed by atoms with van der Waals surface area (Å²) < 4.78 is 82.2. The van der Waals surface area contributed by atoms with Crippen molar-refractivity contribution in [3.63, 3.8) is 0 Å². The predicted octanol–water partition coefficient (Wildman–Crippen LogP) is 5.24. The van der Waals surface area contributed by atoms with Gasteiger partial charge >= 0.3 is 6.18 Å². The number of nitrogens with zero attached hydrogens (tertiary/aromatic N) is 7. The quantitative estimate of drug-likeness (QED) is 0.123. The Bertz CT molecular complexity index is 2700. The van der Waals surface area contributed by atoms with Crippen LogP contribution in [0.1, 0.15) is 151 Å². The molecule has 516 valence electrons. The number of halogens is 6. The van der Waals surface area contributed by atoms with Gasteiger partial charge in [0, 0.05) is 68.2 Å². The van der Waals surface area contributed by atoms with Crippen molar-refractivity contribution in [2.75, 3.05) is 69.0 Å². The van der Waals surface area contributed by atoms with Gasteiger partial charge in [-0.25, -0.2) is 13.2 Å². The Morgan fingerprint density at radius 3 is 1.60 bits per heavy atom. The molecule has 0 aliphatic carbocycles. The molecule has 28 heteroatoms. The van der Waals surface area contributed by atoms with Crippen LogP contribution in [0.25, 0.3) is 0 Å². The van der Waals surface area contributed by atoms with Gasteiger partial charge in [-0.05, 0) is 107 Å². The van der Waals surface area contributed by atoms with Gasteiger partial charge in [0.25, 0.3) is 0 Å². The highest BCUT2D eigenvalue weighted by molar-refractivity contribution is 5.98. The molecule has 2 rings (SSSR count). The SMILES string of the molecule is CC[C@H](C)[C@@H]1NC(=O)[C@H](CC(C)C)N(C)C(=O)C[C@@H](C)NC(=O)[C@H](CC(C)C)N(C)C(=O)C(C)(C)NC(=O)[C@H](CC(C)C)N(C)C(=O)[C@H](CCc2ccc(C(F)(F)F)c(F)c2)NC(=O)CN(C)C(=O)[C@H](CCCCC(F)F)N(C)C(=O)CN(C)C(=O)CN(C)C1=O. The van der Waals surface area contributed by atoms with Crippen LogP contribution in [0.5, 0.6) is 0 Å². The molecular formula is C63H101F6N11O11. The first kappa shape index (κ1) is 80.1. The van der Waals surface area contributed by atoms with Crippen molar-refractivity contribution < 1.29 is 79.1 Å². The lowest BCUT2D eigenvalue weighted by Crippen LogP contribution is -2.63. The molecule has 1 fully saturated rings. The number of likely N-dealkylation sites (N-methyl/N-ethyl adjacent to an activating group) is 7. The van der Waals surface area contributed by atoms with E-state index in [0.717, 1.165) is 30.6 Å². The summed E-state index contributed by atoms with van der Waals surface area (Å²) in [5.41, 5.74) is -3.34. The molecule has 0 aromatic heterocycles. The van der Waals surface area contributed by atoms with Crippen molar-refractivity contribution >= 4 is 65.0 Å². The fourth-order valence-corrected chi connectivity index (χ4v) is 10.6. The van der Waals surface area contributed by atoms with E-state index in [0.29, 0.717) is 18.6 Å². The summed E-state index contributed by atoms with van der Waals surface area (Å²) in [5.74, 6) is -11.2. The molecule has 1 saturated heterocycles. The second-order valence-electron chi connectivity index (χ2n) is 26.2. The second-order valence-corrected chi connectivity index (χ2v) is 26.2. The van der Waals surface area contributed by atoms with E-state index in [4.69, 9.17) is 0 Å². The van der Waals surface area contributed by atoms with Gasteiger partial charge in [-0.3, -0.25) is 52.7 Å². The number of amides is 11. The summed E-state index contributed by atoms with van der Waals surface area (Å²) in [6.07, 6.45) is -8.91. The van der Waals surface area contributed by atoms with Gasteiger partial charge in [0.05, 0.1) is 25.2 Å². The maximum atomic E-state index is 14.9. The van der Waals surface area contributed by atoms with Crippen molar-refractivity contribution in [3.05, 3.63) is 35.1 Å². The lowest BCUT2D eigenvalue weighted by Gasteiger charge is -2.38. The van der Waals surface area contributed by atoms with E-state index in [9.17, 15) is 79.1 Å². The first-order valence-corrected chi connectivity index (χ1v) is 31.1. The number of alkyl halides is 5. The lowest BCUT2D eigenvalue weighted by atomic mass is 9.95. The maximum Gasteiger partial charge on any atom is 0.419 e. The zero-order valence-corrected chi connectivity index (χ0v) is 56.4. The molecule has 1 aliphatic rings. The Kier molecular flexibility index (Phi) is 31.4. The van der Waals surface area contributed by atoms with Crippen molar-refractivity contribution in [2.24, 2.45) is 23.7 Å². The number of unbranched alkanes of at least 4 members (excludes halogenated alkanes) is 1. The Morgan fingerprint density at radius 2 is 1.09 bits per heavy atom. The number of rotatable bonds is 16. The average molecular weight is 1300 g/mol. The standard InChI is InChI=1S/C63H101F6N11O11/c1-19-39(8)54-60(90)76(14)34-52(83)74(12)35-53(84)77(15)45(22-20-21-23-49(65)66)59(89)75(13)33-50(81)71-44(27-25-41-24-26-42(43(64)32-41)63(67,68)69)58(88)79(17)48(30-38(6)7)57(87)73-62(10,11)61(91)80(18)47(29-37(4)5)55(85)70-40(9)31-51(82)78(16)46(28-36(2)3)56(86)72-54/h24,26,32,36-40,44-49,54H,19-23,25,27-31,33-35H2,1-18H3,(H,70,85)(H,71,81)(H,72,86)(H,73,87)/t39-,40+,44-,45-,46-,47-,48-,54-/m0/s1. The number of aryl methyl sites for hydroxylation is 1. The minimum absolute atomic E-state index is 0.00554. The van der Waals surface area contributed by atoms with Crippen LogP contribution in [0, 0.1) is 29.5 Å². The molecule has 1 aromatic rings. The Labute approximate surface area is 533 Å². The molecule has 8 atom stereocenters. The van der Waals surface area contributed by atoms with Crippen LogP contribution in [0.15, 0.2) is 18.2 Å². The predicted molar refractivity (Wildman–Crippen MR) is 329 cm³/mol. The molecule has 0 spiro atoms. The monoisotopic (exact) mass is 1300 g/mol. The van der Waals surface area contributed by atoms with E-state index < -0.39 is 175 Å². The van der Waals surface area contributed by atoms with Gasteiger partial charge in [-0.1, -0.05) is 74.3 Å². The fraction of sp³-hybridized carbons (Fsp3) is 0.730. The Morgan fingerprint density at radius 1 is 0.582 bits per heavy atom. The smallest absolute Gasteiger partial charge is 0.351 e. The summed E-state index contributed by atoms with van der Waals surface area (Å²) in [6.45, 7) is 16.6. The highest BCUT2D eigenvalue weighted by Gasteiger charge is 2.43. The number of hydrogen-bond acceptors (Lipinski definition) is 11. The average Bonchev–Trinajstić information content (AvgIpc) is 0.912. The van der Waals surface area contributed by atoms with Crippen molar-refractivity contribution in [2.45, 2.75) is 207 Å². The minimum Gasteiger partial charge on any atom is -0.351 e. The van der Waals surface area contributed by atoms with Crippen LogP contribution in [0.3, 0.4) is 0 Å². The van der Waals surface area contributed by atoms with E-state index in [2.05, 4.69) is 21.3 Å². The molecular weight excluding hydrogens is 1200 g/mol. The van der Waals surface area contributed by atoms with Gasteiger partial charge in [0.2, 0.25) is 71.4 Å².